The van der Waals surface area contributed by atoms with E-state index in [9.17, 15) is 4.39 Å². The summed E-state index contributed by atoms with van der Waals surface area (Å²) in [5.41, 5.74) is 7.66. The Morgan fingerprint density at radius 3 is 2.71 bits per heavy atom. The van der Waals surface area contributed by atoms with Gasteiger partial charge in [0, 0.05) is 10.8 Å². The molecule has 1 heterocycles. The SMILES string of the molecule is B[C@@H]1O[C@@](CC)(CN=[N+]=[N-])C(C)[C@@H]1F. The number of ether oxygens (including phenoxy) is 1. The van der Waals surface area contributed by atoms with Crippen LogP contribution in [0.2, 0.25) is 0 Å². The summed E-state index contributed by atoms with van der Waals surface area (Å²) in [4.78, 5) is 2.70. The van der Waals surface area contributed by atoms with Gasteiger partial charge in [-0.15, -0.1) is 0 Å². The van der Waals surface area contributed by atoms with E-state index in [2.05, 4.69) is 10.0 Å². The molecular formula is C8H15BFN3O. The summed E-state index contributed by atoms with van der Waals surface area (Å²) in [5.74, 6) is -0.215. The van der Waals surface area contributed by atoms with Gasteiger partial charge in [0.25, 0.3) is 0 Å². The van der Waals surface area contributed by atoms with Gasteiger partial charge >= 0.3 is 0 Å². The highest BCUT2D eigenvalue weighted by atomic mass is 19.1. The first kappa shape index (κ1) is 11.3. The Morgan fingerprint density at radius 1 is 1.71 bits per heavy atom. The first-order valence-electron chi connectivity index (χ1n) is 4.90. The lowest BCUT2D eigenvalue weighted by Gasteiger charge is -2.30. The Labute approximate surface area is 83.9 Å². The van der Waals surface area contributed by atoms with Gasteiger partial charge in [0.2, 0.25) is 0 Å². The maximum absolute atomic E-state index is 13.6. The molecule has 0 aromatic heterocycles. The highest BCUT2D eigenvalue weighted by molar-refractivity contribution is 6.11. The Hall–Kier alpha value is -0.735. The van der Waals surface area contributed by atoms with E-state index in [1.807, 2.05) is 13.8 Å². The van der Waals surface area contributed by atoms with Gasteiger partial charge in [0.05, 0.1) is 18.1 Å². The van der Waals surface area contributed by atoms with Crippen LogP contribution in [0, 0.1) is 5.92 Å². The molecular weight excluding hydrogens is 184 g/mol. The van der Waals surface area contributed by atoms with Crippen molar-refractivity contribution in [3.05, 3.63) is 10.4 Å². The third kappa shape index (κ3) is 1.72. The second-order valence-corrected chi connectivity index (χ2v) is 3.86. The lowest BCUT2D eigenvalue weighted by atomic mass is 9.82. The normalized spacial score (nSPS) is 42.1. The van der Waals surface area contributed by atoms with E-state index in [1.54, 1.807) is 7.85 Å². The van der Waals surface area contributed by atoms with E-state index in [0.717, 1.165) is 0 Å². The van der Waals surface area contributed by atoms with E-state index in [1.165, 1.54) is 0 Å². The molecule has 0 aromatic rings. The van der Waals surface area contributed by atoms with Gasteiger partial charge in [0.15, 0.2) is 0 Å². The maximum atomic E-state index is 13.6. The zero-order valence-electron chi connectivity index (χ0n) is 8.77. The lowest BCUT2D eigenvalue weighted by molar-refractivity contribution is -0.0267. The molecule has 78 valence electrons. The van der Waals surface area contributed by atoms with Gasteiger partial charge < -0.3 is 4.74 Å². The lowest BCUT2D eigenvalue weighted by Crippen LogP contribution is -2.38. The fourth-order valence-electron chi connectivity index (χ4n) is 2.09. The summed E-state index contributed by atoms with van der Waals surface area (Å²) >= 11 is 0. The summed E-state index contributed by atoms with van der Waals surface area (Å²) in [6, 6.07) is -0.404. The van der Waals surface area contributed by atoms with Gasteiger partial charge in [-0.05, 0) is 12.0 Å². The molecule has 14 heavy (non-hydrogen) atoms. The van der Waals surface area contributed by atoms with Crippen molar-refractivity contribution in [2.24, 2.45) is 11.0 Å². The molecule has 0 spiro atoms. The summed E-state index contributed by atoms with van der Waals surface area (Å²) in [6.45, 7) is 3.95. The second-order valence-electron chi connectivity index (χ2n) is 3.86. The molecule has 4 nitrogen and oxygen atoms in total. The van der Waals surface area contributed by atoms with Crippen LogP contribution >= 0.6 is 0 Å². The first-order valence-corrected chi connectivity index (χ1v) is 4.90. The minimum Gasteiger partial charge on any atom is -0.377 e. The van der Waals surface area contributed by atoms with Crippen LogP contribution in [-0.2, 0) is 4.74 Å². The quantitative estimate of drug-likeness (QED) is 0.293. The number of rotatable bonds is 3. The standard InChI is InChI=1S/C8H15BFN3O/c1-3-8(4-12-13-11)5(2)6(10)7(9)14-8/h5-7H,3-4,9H2,1-2H3/t5?,6-,7+,8-/m0/s1. The van der Waals surface area contributed by atoms with E-state index >= 15 is 0 Å². The van der Waals surface area contributed by atoms with Crippen LogP contribution in [0.1, 0.15) is 20.3 Å². The number of halogens is 1. The van der Waals surface area contributed by atoms with Crippen LogP contribution in [0.15, 0.2) is 5.11 Å². The predicted octanol–water partition coefficient (Wildman–Crippen LogP) is 1.41. The zero-order chi connectivity index (χ0) is 10.8. The van der Waals surface area contributed by atoms with E-state index in [-0.39, 0.29) is 12.5 Å². The molecule has 0 aliphatic carbocycles. The van der Waals surface area contributed by atoms with Crippen molar-refractivity contribution in [1.29, 1.82) is 0 Å². The van der Waals surface area contributed by atoms with E-state index < -0.39 is 17.8 Å². The van der Waals surface area contributed by atoms with Crippen molar-refractivity contribution in [2.45, 2.75) is 38.0 Å². The molecule has 4 atom stereocenters. The number of hydrogen-bond acceptors (Lipinski definition) is 2. The average molecular weight is 199 g/mol. The number of azide groups is 1. The number of hydrogen-bond donors (Lipinski definition) is 0. The molecule has 1 aliphatic heterocycles. The molecule has 1 saturated heterocycles. The van der Waals surface area contributed by atoms with Gasteiger partial charge in [-0.25, -0.2) is 4.39 Å². The Balaban J connectivity index is 2.84. The molecule has 1 fully saturated rings. The minimum absolute atomic E-state index is 0.214. The Morgan fingerprint density at radius 2 is 2.36 bits per heavy atom. The Kier molecular flexibility index (Phi) is 3.40. The molecule has 1 rings (SSSR count). The van der Waals surface area contributed by atoms with Crippen molar-refractivity contribution in [3.8, 4) is 0 Å². The summed E-state index contributed by atoms with van der Waals surface area (Å²) in [5, 5.41) is 3.50. The van der Waals surface area contributed by atoms with Crippen molar-refractivity contribution in [2.75, 3.05) is 6.54 Å². The molecule has 0 bridgehead atoms. The van der Waals surface area contributed by atoms with Crippen LogP contribution in [0.25, 0.3) is 10.4 Å². The van der Waals surface area contributed by atoms with Crippen molar-refractivity contribution in [1.82, 2.24) is 0 Å². The number of nitrogens with zero attached hydrogens (tertiary/aromatic N) is 3. The van der Waals surface area contributed by atoms with Gasteiger partial charge in [-0.2, -0.15) is 0 Å². The summed E-state index contributed by atoms with van der Waals surface area (Å²) in [6.07, 6.45) is -0.304. The molecule has 0 saturated carbocycles. The molecule has 1 unspecified atom stereocenters. The molecule has 0 N–H and O–H groups in total. The van der Waals surface area contributed by atoms with E-state index in [4.69, 9.17) is 10.3 Å². The third-order valence-electron chi connectivity index (χ3n) is 3.18. The maximum Gasteiger partial charge on any atom is 0.143 e. The Bertz CT molecular complexity index is 259. The molecule has 0 aromatic carbocycles. The summed E-state index contributed by atoms with van der Waals surface area (Å²) in [7, 11) is 1.72. The van der Waals surface area contributed by atoms with Gasteiger partial charge in [0.1, 0.15) is 14.0 Å². The van der Waals surface area contributed by atoms with Gasteiger partial charge in [-0.3, -0.25) is 0 Å². The molecule has 6 heteroatoms. The number of alkyl halides is 1. The topological polar surface area (TPSA) is 58.0 Å². The van der Waals surface area contributed by atoms with Gasteiger partial charge in [-0.1, -0.05) is 19.0 Å². The molecule has 1 aliphatic rings. The fraction of sp³-hybridized carbons (Fsp3) is 1.00. The molecule has 0 amide bonds. The van der Waals surface area contributed by atoms with Crippen LogP contribution in [0.4, 0.5) is 4.39 Å². The van der Waals surface area contributed by atoms with Crippen LogP contribution < -0.4 is 0 Å². The molecule has 0 radical (unpaired) electrons. The average Bonchev–Trinajstić information content (AvgIpc) is 2.41. The zero-order valence-corrected chi connectivity index (χ0v) is 8.77. The van der Waals surface area contributed by atoms with E-state index in [0.29, 0.717) is 6.42 Å². The second kappa shape index (κ2) is 4.19. The largest absolute Gasteiger partial charge is 0.377 e. The smallest absolute Gasteiger partial charge is 0.143 e. The summed E-state index contributed by atoms with van der Waals surface area (Å²) < 4.78 is 19.1. The third-order valence-corrected chi connectivity index (χ3v) is 3.18. The monoisotopic (exact) mass is 199 g/mol. The van der Waals surface area contributed by atoms with Crippen molar-refractivity contribution < 1.29 is 9.13 Å². The highest BCUT2D eigenvalue weighted by Gasteiger charge is 2.49. The minimum atomic E-state index is -0.969. The van der Waals surface area contributed by atoms with Crippen molar-refractivity contribution in [3.63, 3.8) is 0 Å². The highest BCUT2D eigenvalue weighted by Crippen LogP contribution is 2.39. The van der Waals surface area contributed by atoms with Crippen molar-refractivity contribution >= 4 is 7.85 Å². The first-order chi connectivity index (χ1) is 6.57. The predicted molar refractivity (Wildman–Crippen MR) is 54.5 cm³/mol. The van der Waals surface area contributed by atoms with Crippen LogP contribution in [0.3, 0.4) is 0 Å². The fourth-order valence-corrected chi connectivity index (χ4v) is 2.09. The van der Waals surface area contributed by atoms with Crippen LogP contribution in [0.5, 0.6) is 0 Å². The van der Waals surface area contributed by atoms with Crippen LogP contribution in [-0.4, -0.2) is 32.2 Å².